The van der Waals surface area contributed by atoms with Crippen molar-refractivity contribution in [1.29, 1.82) is 0 Å². The highest BCUT2D eigenvalue weighted by atomic mass is 16.5. The molecule has 0 bridgehead atoms. The van der Waals surface area contributed by atoms with Crippen LogP contribution >= 0.6 is 0 Å². The van der Waals surface area contributed by atoms with Crippen LogP contribution in [0.25, 0.3) is 0 Å². The molecular formula is C9H12N2O2. The summed E-state index contributed by atoms with van der Waals surface area (Å²) in [5, 5.41) is 0. The number of methoxy groups -OCH3 is 1. The van der Waals surface area contributed by atoms with Gasteiger partial charge >= 0.3 is 0 Å². The van der Waals surface area contributed by atoms with Crippen molar-refractivity contribution in [2.45, 2.75) is 6.92 Å². The number of hydrogen-bond donors (Lipinski definition) is 2. The number of hydrogen-bond acceptors (Lipinski definition) is 3. The second-order valence-electron chi connectivity index (χ2n) is 2.66. The Morgan fingerprint density at radius 3 is 2.69 bits per heavy atom. The number of aryl methyl sites for hydroxylation is 1. The highest BCUT2D eigenvalue weighted by Gasteiger charge is 2.05. The van der Waals surface area contributed by atoms with Gasteiger partial charge in [-0.3, -0.25) is 10.2 Å². The first-order chi connectivity index (χ1) is 6.19. The summed E-state index contributed by atoms with van der Waals surface area (Å²) in [5.74, 6) is 5.45. The minimum absolute atomic E-state index is 0.300. The molecule has 4 heteroatoms. The third-order valence-corrected chi connectivity index (χ3v) is 1.79. The highest BCUT2D eigenvalue weighted by molar-refractivity contribution is 5.94. The zero-order valence-corrected chi connectivity index (χ0v) is 7.63. The summed E-state index contributed by atoms with van der Waals surface area (Å²) in [6, 6.07) is 5.12. The second-order valence-corrected chi connectivity index (χ2v) is 2.66. The molecule has 0 aromatic heterocycles. The molecule has 0 aliphatic carbocycles. The summed E-state index contributed by atoms with van der Waals surface area (Å²) in [7, 11) is 1.59. The first-order valence-corrected chi connectivity index (χ1v) is 3.84. The number of hydrazine groups is 1. The molecule has 0 spiro atoms. The summed E-state index contributed by atoms with van der Waals surface area (Å²) in [6.45, 7) is 1.87. The Hall–Kier alpha value is -1.55. The van der Waals surface area contributed by atoms with E-state index in [0.717, 1.165) is 11.3 Å². The number of nitrogen functional groups attached to an aromatic ring is 1. The number of nitrogens with one attached hydrogen (secondary N) is 1. The van der Waals surface area contributed by atoms with Crippen molar-refractivity contribution in [2.75, 3.05) is 7.11 Å². The Morgan fingerprint density at radius 1 is 1.54 bits per heavy atom. The largest absolute Gasteiger partial charge is 0.496 e. The minimum Gasteiger partial charge on any atom is -0.496 e. The lowest BCUT2D eigenvalue weighted by Crippen LogP contribution is -2.29. The predicted molar refractivity (Wildman–Crippen MR) is 49.4 cm³/mol. The van der Waals surface area contributed by atoms with Gasteiger partial charge in [0.1, 0.15) is 5.75 Å². The fraction of sp³-hybridized carbons (Fsp3) is 0.222. The number of ether oxygens (including phenoxy) is 1. The number of carbonyl (C=O) groups is 1. The molecule has 1 aromatic carbocycles. The van der Waals surface area contributed by atoms with E-state index >= 15 is 0 Å². The van der Waals surface area contributed by atoms with E-state index in [4.69, 9.17) is 10.6 Å². The smallest absolute Gasteiger partial charge is 0.265 e. The van der Waals surface area contributed by atoms with Crippen molar-refractivity contribution in [3.05, 3.63) is 29.3 Å². The maximum atomic E-state index is 11.1. The van der Waals surface area contributed by atoms with Gasteiger partial charge in [0, 0.05) is 5.56 Å². The predicted octanol–water partition coefficient (Wildman–Crippen LogP) is 0.607. The summed E-state index contributed by atoms with van der Waals surface area (Å²) in [4.78, 5) is 11.1. The normalized spacial score (nSPS) is 9.46. The van der Waals surface area contributed by atoms with Gasteiger partial charge in [-0.05, 0) is 30.7 Å². The van der Waals surface area contributed by atoms with E-state index in [1.807, 2.05) is 6.92 Å². The average Bonchev–Trinajstić information content (AvgIpc) is 2.16. The van der Waals surface area contributed by atoms with E-state index < -0.39 is 0 Å². The molecular weight excluding hydrogens is 168 g/mol. The van der Waals surface area contributed by atoms with Gasteiger partial charge in [0.05, 0.1) is 7.11 Å². The minimum atomic E-state index is -0.300. The molecule has 0 aliphatic rings. The van der Waals surface area contributed by atoms with Crippen LogP contribution in [0.3, 0.4) is 0 Å². The maximum Gasteiger partial charge on any atom is 0.265 e. The first kappa shape index (κ1) is 9.54. The molecule has 0 unspecified atom stereocenters. The average molecular weight is 180 g/mol. The molecule has 0 saturated heterocycles. The molecule has 0 aliphatic heterocycles. The summed E-state index contributed by atoms with van der Waals surface area (Å²) in [6.07, 6.45) is 0. The molecule has 1 aromatic rings. The lowest BCUT2D eigenvalue weighted by Gasteiger charge is -2.05. The van der Waals surface area contributed by atoms with Crippen LogP contribution in [0.4, 0.5) is 0 Å². The van der Waals surface area contributed by atoms with Crippen molar-refractivity contribution in [2.24, 2.45) is 5.84 Å². The molecule has 0 atom stereocenters. The highest BCUT2D eigenvalue weighted by Crippen LogP contribution is 2.18. The molecule has 13 heavy (non-hydrogen) atoms. The van der Waals surface area contributed by atoms with Gasteiger partial charge in [0.2, 0.25) is 0 Å². The van der Waals surface area contributed by atoms with E-state index in [9.17, 15) is 4.79 Å². The van der Waals surface area contributed by atoms with Crippen molar-refractivity contribution < 1.29 is 9.53 Å². The standard InChI is InChI=1S/C9H12N2O2/c1-6-5-7(9(12)11-10)3-4-8(6)13-2/h3-5H,10H2,1-2H3,(H,11,12). The SMILES string of the molecule is COc1ccc(C(=O)NN)cc1C. The van der Waals surface area contributed by atoms with Crippen LogP contribution < -0.4 is 16.0 Å². The van der Waals surface area contributed by atoms with Gasteiger partial charge < -0.3 is 4.74 Å². The lowest BCUT2D eigenvalue weighted by molar-refractivity contribution is 0.0953. The van der Waals surface area contributed by atoms with Crippen LogP contribution in [0.1, 0.15) is 15.9 Å². The molecule has 4 nitrogen and oxygen atoms in total. The fourth-order valence-corrected chi connectivity index (χ4v) is 1.10. The van der Waals surface area contributed by atoms with Crippen molar-refractivity contribution >= 4 is 5.91 Å². The van der Waals surface area contributed by atoms with Gasteiger partial charge in [-0.1, -0.05) is 0 Å². The van der Waals surface area contributed by atoms with E-state index in [2.05, 4.69) is 5.43 Å². The van der Waals surface area contributed by atoms with Crippen LogP contribution in [0.5, 0.6) is 5.75 Å². The van der Waals surface area contributed by atoms with Gasteiger partial charge in [-0.25, -0.2) is 5.84 Å². The van der Waals surface area contributed by atoms with E-state index in [-0.39, 0.29) is 5.91 Å². The van der Waals surface area contributed by atoms with E-state index in [0.29, 0.717) is 5.56 Å². The Bertz CT molecular complexity index is 323. The van der Waals surface area contributed by atoms with Gasteiger partial charge in [0.15, 0.2) is 0 Å². The van der Waals surface area contributed by atoms with Crippen molar-refractivity contribution in [3.63, 3.8) is 0 Å². The zero-order valence-electron chi connectivity index (χ0n) is 7.63. The number of rotatable bonds is 2. The lowest BCUT2D eigenvalue weighted by atomic mass is 10.1. The third kappa shape index (κ3) is 1.97. The number of nitrogens with two attached hydrogens (primary N) is 1. The van der Waals surface area contributed by atoms with Crippen LogP contribution in [0, 0.1) is 6.92 Å². The van der Waals surface area contributed by atoms with Crippen molar-refractivity contribution in [3.8, 4) is 5.75 Å². The van der Waals surface area contributed by atoms with E-state index in [1.54, 1.807) is 25.3 Å². The molecule has 1 rings (SSSR count). The number of carbonyl (C=O) groups excluding carboxylic acids is 1. The molecule has 0 fully saturated rings. The third-order valence-electron chi connectivity index (χ3n) is 1.79. The monoisotopic (exact) mass is 180 g/mol. The summed E-state index contributed by atoms with van der Waals surface area (Å²) in [5.41, 5.74) is 3.50. The van der Waals surface area contributed by atoms with Crippen LogP contribution in [-0.4, -0.2) is 13.0 Å². The molecule has 3 N–H and O–H groups in total. The van der Waals surface area contributed by atoms with Crippen LogP contribution in [0.2, 0.25) is 0 Å². The zero-order chi connectivity index (χ0) is 9.84. The second kappa shape index (κ2) is 3.91. The summed E-state index contributed by atoms with van der Waals surface area (Å²) < 4.78 is 5.05. The fourth-order valence-electron chi connectivity index (χ4n) is 1.10. The Morgan fingerprint density at radius 2 is 2.23 bits per heavy atom. The Kier molecular flexibility index (Phi) is 2.87. The Labute approximate surface area is 76.7 Å². The number of amides is 1. The molecule has 0 radical (unpaired) electrons. The van der Waals surface area contributed by atoms with Gasteiger partial charge in [-0.2, -0.15) is 0 Å². The maximum absolute atomic E-state index is 11.1. The summed E-state index contributed by atoms with van der Waals surface area (Å²) >= 11 is 0. The first-order valence-electron chi connectivity index (χ1n) is 3.84. The molecule has 0 heterocycles. The van der Waals surface area contributed by atoms with E-state index in [1.165, 1.54) is 0 Å². The molecule has 0 saturated carbocycles. The number of benzene rings is 1. The molecule has 70 valence electrons. The topological polar surface area (TPSA) is 64.3 Å². The van der Waals surface area contributed by atoms with Gasteiger partial charge in [-0.15, -0.1) is 0 Å². The quantitative estimate of drug-likeness (QED) is 0.398. The molecule has 1 amide bonds. The Balaban J connectivity index is 3.02. The van der Waals surface area contributed by atoms with Crippen LogP contribution in [-0.2, 0) is 0 Å². The van der Waals surface area contributed by atoms with Crippen LogP contribution in [0.15, 0.2) is 18.2 Å². The van der Waals surface area contributed by atoms with Crippen molar-refractivity contribution in [1.82, 2.24) is 5.43 Å². The van der Waals surface area contributed by atoms with Gasteiger partial charge in [0.25, 0.3) is 5.91 Å².